The normalized spacial score (nSPS) is 10.7. The minimum atomic E-state index is -0.523. The van der Waals surface area contributed by atoms with Crippen LogP contribution in [0.5, 0.6) is 0 Å². The third-order valence-electron chi connectivity index (χ3n) is 2.05. The molecule has 78 valence electrons. The molecule has 0 aliphatic rings. The molecule has 0 radical (unpaired) electrons. The van der Waals surface area contributed by atoms with Crippen LogP contribution in [0.4, 0.5) is 10.3 Å². The van der Waals surface area contributed by atoms with Gasteiger partial charge in [0, 0.05) is 6.07 Å². The molecule has 1 aromatic carbocycles. The molecule has 0 saturated heterocycles. The molecule has 1 aromatic heterocycles. The van der Waals surface area contributed by atoms with Crippen molar-refractivity contribution in [3.8, 4) is 0 Å². The summed E-state index contributed by atoms with van der Waals surface area (Å²) in [5.41, 5.74) is 11.6. The summed E-state index contributed by atoms with van der Waals surface area (Å²) in [5, 5.41) is 0. The van der Waals surface area contributed by atoms with Crippen molar-refractivity contribution in [3.63, 3.8) is 0 Å². The number of nitrogen functional groups attached to an aromatic ring is 1. The van der Waals surface area contributed by atoms with E-state index in [2.05, 4.69) is 4.98 Å². The number of primary amides is 1. The Labute approximate surface area is 84.5 Å². The van der Waals surface area contributed by atoms with Crippen LogP contribution >= 0.6 is 0 Å². The van der Waals surface area contributed by atoms with Gasteiger partial charge < -0.3 is 16.0 Å². The molecule has 0 unspecified atom stereocenters. The number of rotatable bonds is 2. The second-order valence-corrected chi connectivity index (χ2v) is 3.16. The van der Waals surface area contributed by atoms with E-state index in [1.54, 1.807) is 0 Å². The molecule has 1 heterocycles. The second kappa shape index (κ2) is 3.23. The van der Waals surface area contributed by atoms with Gasteiger partial charge in [-0.3, -0.25) is 4.79 Å². The minimum absolute atomic E-state index is 0.0615. The zero-order valence-corrected chi connectivity index (χ0v) is 7.77. The molecule has 1 amide bonds. The number of fused-ring (bicyclic) bond motifs is 1. The summed E-state index contributed by atoms with van der Waals surface area (Å²) >= 11 is 0. The Hall–Kier alpha value is -2.11. The summed E-state index contributed by atoms with van der Waals surface area (Å²) in [5.74, 6) is -0.772. The van der Waals surface area contributed by atoms with E-state index in [1.807, 2.05) is 0 Å². The standard InChI is InChI=1S/C9H9FN4O/c10-5-1-2-7-6(3-5)13-9(12)14(7)4-8(11)15/h1-3H,4H2,(H2,11,15)(H2,12,13). The van der Waals surface area contributed by atoms with Crippen molar-refractivity contribution < 1.29 is 9.18 Å². The van der Waals surface area contributed by atoms with E-state index in [1.165, 1.54) is 22.8 Å². The molecule has 4 N–H and O–H groups in total. The van der Waals surface area contributed by atoms with Crippen molar-refractivity contribution >= 4 is 22.9 Å². The number of carbonyl (C=O) groups is 1. The molecule has 5 nitrogen and oxygen atoms in total. The number of nitrogens with zero attached hydrogens (tertiary/aromatic N) is 2. The first-order valence-corrected chi connectivity index (χ1v) is 4.27. The molecule has 0 bridgehead atoms. The fourth-order valence-electron chi connectivity index (χ4n) is 1.44. The van der Waals surface area contributed by atoms with E-state index in [9.17, 15) is 9.18 Å². The van der Waals surface area contributed by atoms with Gasteiger partial charge in [0.1, 0.15) is 12.4 Å². The summed E-state index contributed by atoms with van der Waals surface area (Å²) < 4.78 is 14.3. The molecule has 0 saturated carbocycles. The van der Waals surface area contributed by atoms with E-state index in [4.69, 9.17) is 11.5 Å². The van der Waals surface area contributed by atoms with Crippen molar-refractivity contribution in [2.75, 3.05) is 5.73 Å². The molecule has 0 aliphatic carbocycles. The number of carbonyl (C=O) groups excluding carboxylic acids is 1. The fourth-order valence-corrected chi connectivity index (χ4v) is 1.44. The maximum Gasteiger partial charge on any atom is 0.237 e. The number of aromatic nitrogens is 2. The van der Waals surface area contributed by atoms with Crippen molar-refractivity contribution in [2.24, 2.45) is 5.73 Å². The first-order valence-electron chi connectivity index (χ1n) is 4.27. The largest absolute Gasteiger partial charge is 0.369 e. The monoisotopic (exact) mass is 208 g/mol. The van der Waals surface area contributed by atoms with E-state index in [0.29, 0.717) is 11.0 Å². The number of nitrogens with two attached hydrogens (primary N) is 2. The molecule has 0 fully saturated rings. The van der Waals surface area contributed by atoms with Crippen LogP contribution in [0.2, 0.25) is 0 Å². The van der Waals surface area contributed by atoms with E-state index in [0.717, 1.165) is 0 Å². The van der Waals surface area contributed by atoms with Crippen LogP contribution < -0.4 is 11.5 Å². The number of imidazole rings is 1. The first-order chi connectivity index (χ1) is 7.08. The maximum atomic E-state index is 12.9. The van der Waals surface area contributed by atoms with Crippen molar-refractivity contribution in [3.05, 3.63) is 24.0 Å². The quantitative estimate of drug-likeness (QED) is 0.741. The Morgan fingerprint density at radius 3 is 2.93 bits per heavy atom. The van der Waals surface area contributed by atoms with E-state index >= 15 is 0 Å². The van der Waals surface area contributed by atoms with Gasteiger partial charge in [-0.2, -0.15) is 0 Å². The van der Waals surface area contributed by atoms with Gasteiger partial charge in [-0.1, -0.05) is 0 Å². The van der Waals surface area contributed by atoms with E-state index < -0.39 is 11.7 Å². The van der Waals surface area contributed by atoms with Gasteiger partial charge in [0.05, 0.1) is 11.0 Å². The first kappa shape index (κ1) is 9.45. The van der Waals surface area contributed by atoms with Crippen LogP contribution in [0, 0.1) is 5.82 Å². The van der Waals surface area contributed by atoms with Crippen LogP contribution in [0.15, 0.2) is 18.2 Å². The summed E-state index contributed by atoms with van der Waals surface area (Å²) in [6.45, 7) is -0.0615. The van der Waals surface area contributed by atoms with Crippen LogP contribution in [-0.2, 0) is 11.3 Å². The van der Waals surface area contributed by atoms with Crippen LogP contribution in [0.1, 0.15) is 0 Å². The van der Waals surface area contributed by atoms with Crippen molar-refractivity contribution in [1.29, 1.82) is 0 Å². The van der Waals surface area contributed by atoms with Gasteiger partial charge in [0.2, 0.25) is 11.9 Å². The molecule has 6 heteroatoms. The highest BCUT2D eigenvalue weighted by Gasteiger charge is 2.10. The SMILES string of the molecule is NC(=O)Cn1c(N)nc2cc(F)ccc21. The highest BCUT2D eigenvalue weighted by molar-refractivity contribution is 5.82. The molecule has 0 spiro atoms. The smallest absolute Gasteiger partial charge is 0.237 e. The zero-order valence-electron chi connectivity index (χ0n) is 7.77. The third-order valence-corrected chi connectivity index (χ3v) is 2.05. The van der Waals surface area contributed by atoms with Crippen molar-refractivity contribution in [2.45, 2.75) is 6.54 Å². The Bertz CT molecular complexity index is 534. The average molecular weight is 208 g/mol. The molecule has 2 rings (SSSR count). The highest BCUT2D eigenvalue weighted by Crippen LogP contribution is 2.18. The summed E-state index contributed by atoms with van der Waals surface area (Å²) in [6.07, 6.45) is 0. The van der Waals surface area contributed by atoms with Crippen molar-refractivity contribution in [1.82, 2.24) is 9.55 Å². The lowest BCUT2D eigenvalue weighted by Gasteiger charge is -2.02. The predicted octanol–water partition coefficient (Wildman–Crippen LogP) is 0.243. The average Bonchev–Trinajstić information content (AvgIpc) is 2.41. The van der Waals surface area contributed by atoms with Gasteiger partial charge >= 0.3 is 0 Å². The highest BCUT2D eigenvalue weighted by atomic mass is 19.1. The number of hydrogen-bond acceptors (Lipinski definition) is 3. The molecule has 2 aromatic rings. The van der Waals surface area contributed by atoms with Gasteiger partial charge in [0.25, 0.3) is 0 Å². The van der Waals surface area contributed by atoms with Gasteiger partial charge in [-0.05, 0) is 12.1 Å². The second-order valence-electron chi connectivity index (χ2n) is 3.16. The van der Waals surface area contributed by atoms with E-state index in [-0.39, 0.29) is 12.5 Å². The zero-order chi connectivity index (χ0) is 11.0. The van der Waals surface area contributed by atoms with Crippen LogP contribution in [-0.4, -0.2) is 15.5 Å². The molecule has 0 aliphatic heterocycles. The number of hydrogen-bond donors (Lipinski definition) is 2. The maximum absolute atomic E-state index is 12.9. The Morgan fingerprint density at radius 1 is 1.53 bits per heavy atom. The number of anilines is 1. The minimum Gasteiger partial charge on any atom is -0.369 e. The topological polar surface area (TPSA) is 86.9 Å². The van der Waals surface area contributed by atoms with Crippen LogP contribution in [0.3, 0.4) is 0 Å². The van der Waals surface area contributed by atoms with Gasteiger partial charge in [0.15, 0.2) is 0 Å². The predicted molar refractivity (Wildman–Crippen MR) is 53.3 cm³/mol. The summed E-state index contributed by atoms with van der Waals surface area (Å²) in [6, 6.07) is 4.04. The Balaban J connectivity index is 2.63. The third kappa shape index (κ3) is 1.61. The molecule has 0 atom stereocenters. The number of amides is 1. The fraction of sp³-hybridized carbons (Fsp3) is 0.111. The molecular formula is C9H9FN4O. The van der Waals surface area contributed by atoms with Gasteiger partial charge in [-0.15, -0.1) is 0 Å². The summed E-state index contributed by atoms with van der Waals surface area (Å²) in [7, 11) is 0. The summed E-state index contributed by atoms with van der Waals surface area (Å²) in [4.78, 5) is 14.7. The Kier molecular flexibility index (Phi) is 2.03. The molecular weight excluding hydrogens is 199 g/mol. The number of benzene rings is 1. The lowest BCUT2D eigenvalue weighted by molar-refractivity contribution is -0.118. The lowest BCUT2D eigenvalue weighted by Crippen LogP contribution is -2.19. The van der Waals surface area contributed by atoms with Gasteiger partial charge in [-0.25, -0.2) is 9.37 Å². The number of halogens is 1. The Morgan fingerprint density at radius 2 is 2.27 bits per heavy atom. The molecule has 15 heavy (non-hydrogen) atoms. The lowest BCUT2D eigenvalue weighted by atomic mass is 10.3. The van der Waals surface area contributed by atoms with Crippen LogP contribution in [0.25, 0.3) is 11.0 Å².